The highest BCUT2D eigenvalue weighted by atomic mass is 32.2. The van der Waals surface area contributed by atoms with Gasteiger partial charge in [0.2, 0.25) is 21.6 Å². The van der Waals surface area contributed by atoms with Gasteiger partial charge in [0, 0.05) is 11.6 Å². The van der Waals surface area contributed by atoms with E-state index >= 15 is 0 Å². The van der Waals surface area contributed by atoms with Gasteiger partial charge in [-0.2, -0.15) is 0 Å². The number of sulfonamides is 1. The minimum absolute atomic E-state index is 0.0407. The summed E-state index contributed by atoms with van der Waals surface area (Å²) >= 11 is 0. The zero-order valence-corrected chi connectivity index (χ0v) is 14.6. The first-order valence-electron chi connectivity index (χ1n) is 7.88. The molecule has 0 atom stereocenters. The number of benzene rings is 1. The van der Waals surface area contributed by atoms with Crippen molar-refractivity contribution in [2.45, 2.75) is 32.6 Å². The van der Waals surface area contributed by atoms with E-state index < -0.39 is 21.6 Å². The predicted molar refractivity (Wildman–Crippen MR) is 92.3 cm³/mol. The minimum atomic E-state index is -3.57. The van der Waals surface area contributed by atoms with Gasteiger partial charge in [-0.1, -0.05) is 38.3 Å². The lowest BCUT2D eigenvalue weighted by atomic mass is 9.92. The molecule has 24 heavy (non-hydrogen) atoms. The van der Waals surface area contributed by atoms with Crippen molar-refractivity contribution in [3.8, 4) is 0 Å². The fourth-order valence-electron chi connectivity index (χ4n) is 2.50. The molecule has 0 amide bonds. The average Bonchev–Trinajstić information content (AvgIpc) is 2.50. The molecule has 0 bridgehead atoms. The lowest BCUT2D eigenvalue weighted by Gasteiger charge is -2.20. The molecule has 7 heteroatoms. The molecule has 6 nitrogen and oxygen atoms in total. The van der Waals surface area contributed by atoms with Gasteiger partial charge in [0.1, 0.15) is 5.76 Å². The Hall–Kier alpha value is -2.15. The summed E-state index contributed by atoms with van der Waals surface area (Å²) in [6, 6.07) is 4.71. The fourth-order valence-corrected chi connectivity index (χ4v) is 3.07. The normalized spacial score (nSPS) is 14.2. The second-order valence-electron chi connectivity index (χ2n) is 5.71. The number of carbonyl (C=O) groups is 2. The molecule has 1 aromatic rings. The van der Waals surface area contributed by atoms with E-state index in [-0.39, 0.29) is 11.3 Å². The topological polar surface area (TPSA) is 89.5 Å². The van der Waals surface area contributed by atoms with Crippen LogP contribution in [0.3, 0.4) is 0 Å². The van der Waals surface area contributed by atoms with Gasteiger partial charge in [-0.3, -0.25) is 14.3 Å². The number of nitrogens with one attached hydrogen (secondary N) is 1. The molecule has 0 saturated carbocycles. The van der Waals surface area contributed by atoms with Crippen molar-refractivity contribution in [3.63, 3.8) is 0 Å². The summed E-state index contributed by atoms with van der Waals surface area (Å²) < 4.78 is 30.9. The lowest BCUT2D eigenvalue weighted by molar-refractivity contribution is -0.111. The van der Waals surface area contributed by atoms with Crippen molar-refractivity contribution in [2.75, 3.05) is 17.6 Å². The van der Waals surface area contributed by atoms with Crippen LogP contribution in [0.1, 0.15) is 48.5 Å². The van der Waals surface area contributed by atoms with E-state index in [1.165, 1.54) is 12.1 Å². The molecular formula is C17H21NO5S. The number of carbonyl (C=O) groups excluding carboxylic acids is 2. The first-order chi connectivity index (χ1) is 11.3. The number of fused-ring (bicyclic) bond motifs is 1. The zero-order valence-electron chi connectivity index (χ0n) is 13.8. The molecule has 130 valence electrons. The number of Topliss-reactive ketones (excluding diaryl/α,β-unsaturated/α-hetero) is 1. The van der Waals surface area contributed by atoms with Crippen molar-refractivity contribution in [3.05, 3.63) is 35.4 Å². The Morgan fingerprint density at radius 2 is 1.88 bits per heavy atom. The first-order valence-corrected chi connectivity index (χ1v) is 9.77. The molecule has 0 spiro atoms. The number of hydrogen-bond donors (Lipinski definition) is 1. The van der Waals surface area contributed by atoms with Crippen LogP contribution in [0.4, 0.5) is 5.69 Å². The van der Waals surface area contributed by atoms with Gasteiger partial charge in [-0.15, -0.1) is 0 Å². The molecule has 0 aromatic heterocycles. The van der Waals surface area contributed by atoms with Crippen molar-refractivity contribution < 1.29 is 22.7 Å². The van der Waals surface area contributed by atoms with E-state index in [9.17, 15) is 18.0 Å². The Kier molecular flexibility index (Phi) is 5.77. The minimum Gasteiger partial charge on any atom is -0.493 e. The highest BCUT2D eigenvalue weighted by Gasteiger charge is 2.30. The third-order valence-corrected chi connectivity index (χ3v) is 4.18. The summed E-state index contributed by atoms with van der Waals surface area (Å²) in [5, 5.41) is 0. The molecular weight excluding hydrogens is 330 g/mol. The Balaban J connectivity index is 2.28. The Morgan fingerprint density at radius 3 is 2.54 bits per heavy atom. The Morgan fingerprint density at radius 1 is 1.12 bits per heavy atom. The average molecular weight is 351 g/mol. The number of rotatable bonds is 8. The molecule has 1 aliphatic rings. The van der Waals surface area contributed by atoms with Crippen LogP contribution in [-0.4, -0.2) is 32.8 Å². The van der Waals surface area contributed by atoms with Crippen molar-refractivity contribution in [1.29, 1.82) is 0 Å². The first kappa shape index (κ1) is 18.2. The van der Waals surface area contributed by atoms with Crippen LogP contribution in [0.2, 0.25) is 0 Å². The van der Waals surface area contributed by atoms with Gasteiger partial charge >= 0.3 is 0 Å². The summed E-state index contributed by atoms with van der Waals surface area (Å²) in [6.07, 6.45) is 6.26. The number of hydrogen-bond acceptors (Lipinski definition) is 5. The molecule has 0 unspecified atom stereocenters. The molecule has 1 aliphatic carbocycles. The van der Waals surface area contributed by atoms with Crippen LogP contribution < -0.4 is 4.72 Å². The summed E-state index contributed by atoms with van der Waals surface area (Å²) in [5.41, 5.74) is 0.566. The Bertz CT molecular complexity index is 780. The van der Waals surface area contributed by atoms with Gasteiger partial charge < -0.3 is 4.74 Å². The zero-order chi connectivity index (χ0) is 17.7. The molecule has 2 rings (SSSR count). The molecule has 1 aromatic carbocycles. The van der Waals surface area contributed by atoms with E-state index in [2.05, 4.69) is 11.6 Å². The second-order valence-corrected chi connectivity index (χ2v) is 7.46. The van der Waals surface area contributed by atoms with Crippen LogP contribution in [0, 0.1) is 0 Å². The largest absolute Gasteiger partial charge is 0.493 e. The maximum atomic E-state index is 12.2. The molecule has 0 radical (unpaired) electrons. The quantitative estimate of drug-likeness (QED) is 0.574. The number of ether oxygens (including phenoxy) is 1. The van der Waals surface area contributed by atoms with Gasteiger partial charge in [-0.05, 0) is 12.5 Å². The SMILES string of the molecule is CCCCCCOC1=CC(=O)C(=O)c2c(NS(C)(=O)=O)cccc21. The smallest absolute Gasteiger partial charge is 0.235 e. The summed E-state index contributed by atoms with van der Waals surface area (Å²) in [4.78, 5) is 24.1. The summed E-state index contributed by atoms with van der Waals surface area (Å²) in [6.45, 7) is 2.55. The summed E-state index contributed by atoms with van der Waals surface area (Å²) in [5.74, 6) is -1.15. The maximum absolute atomic E-state index is 12.2. The second kappa shape index (κ2) is 7.61. The van der Waals surface area contributed by atoms with Crippen LogP contribution in [0.25, 0.3) is 5.76 Å². The number of allylic oxidation sites excluding steroid dienone is 1. The molecule has 0 aliphatic heterocycles. The standard InChI is InChI=1S/C17H21NO5S/c1-3-4-5-6-10-23-15-11-14(19)17(20)16-12(15)8-7-9-13(16)18-24(2,21)22/h7-9,11,18H,3-6,10H2,1-2H3. The van der Waals surface area contributed by atoms with E-state index in [0.717, 1.165) is 31.9 Å². The monoisotopic (exact) mass is 351 g/mol. The van der Waals surface area contributed by atoms with E-state index in [0.29, 0.717) is 17.9 Å². The van der Waals surface area contributed by atoms with Crippen LogP contribution in [0.5, 0.6) is 0 Å². The highest BCUT2D eigenvalue weighted by molar-refractivity contribution is 7.92. The van der Waals surface area contributed by atoms with Gasteiger partial charge in [0.15, 0.2) is 0 Å². The van der Waals surface area contributed by atoms with E-state index in [1.807, 2.05) is 0 Å². The molecule has 1 N–H and O–H groups in total. The van der Waals surface area contributed by atoms with E-state index in [4.69, 9.17) is 4.74 Å². The lowest BCUT2D eigenvalue weighted by Crippen LogP contribution is -2.23. The van der Waals surface area contributed by atoms with Crippen LogP contribution >= 0.6 is 0 Å². The number of unbranched alkanes of at least 4 members (excludes halogenated alkanes) is 3. The maximum Gasteiger partial charge on any atom is 0.235 e. The van der Waals surface area contributed by atoms with Crippen molar-refractivity contribution in [1.82, 2.24) is 0 Å². The van der Waals surface area contributed by atoms with Crippen molar-refractivity contribution in [2.24, 2.45) is 0 Å². The van der Waals surface area contributed by atoms with Gasteiger partial charge in [0.25, 0.3) is 0 Å². The molecule has 0 saturated heterocycles. The van der Waals surface area contributed by atoms with Gasteiger partial charge in [0.05, 0.1) is 24.1 Å². The summed E-state index contributed by atoms with van der Waals surface area (Å²) in [7, 11) is -3.57. The predicted octanol–water partition coefficient (Wildman–Crippen LogP) is 2.76. The molecule has 0 fully saturated rings. The van der Waals surface area contributed by atoms with Crippen LogP contribution in [-0.2, 0) is 19.6 Å². The van der Waals surface area contributed by atoms with E-state index in [1.54, 1.807) is 12.1 Å². The third-order valence-electron chi connectivity index (χ3n) is 3.59. The third kappa shape index (κ3) is 4.44. The number of anilines is 1. The Labute approximate surface area is 141 Å². The highest BCUT2D eigenvalue weighted by Crippen LogP contribution is 2.31. The number of ketones is 2. The van der Waals surface area contributed by atoms with Crippen molar-refractivity contribution >= 4 is 33.0 Å². The molecule has 0 heterocycles. The van der Waals surface area contributed by atoms with Gasteiger partial charge in [-0.25, -0.2) is 8.42 Å². The van der Waals surface area contributed by atoms with Crippen LogP contribution in [0.15, 0.2) is 24.3 Å². The fraction of sp³-hybridized carbons (Fsp3) is 0.412.